The van der Waals surface area contributed by atoms with Gasteiger partial charge in [0, 0.05) is 15.8 Å². The summed E-state index contributed by atoms with van der Waals surface area (Å²) in [5.41, 5.74) is 0.438. The van der Waals surface area contributed by atoms with Gasteiger partial charge >= 0.3 is 5.63 Å². The minimum Gasteiger partial charge on any atom is -0.406 e. The SMILES string of the molecule is Cc1ccc(/C=C/C(=O)N[C@@H](C)c2nc3scc(C)c3c(=O)o2)s1. The lowest BCUT2D eigenvalue weighted by molar-refractivity contribution is -0.117. The normalized spacial score (nSPS) is 12.8. The molecule has 0 saturated heterocycles. The van der Waals surface area contributed by atoms with Gasteiger partial charge in [0.05, 0.1) is 5.39 Å². The highest BCUT2D eigenvalue weighted by Gasteiger charge is 2.16. The van der Waals surface area contributed by atoms with Gasteiger partial charge in [0.1, 0.15) is 10.9 Å². The molecule has 124 valence electrons. The Morgan fingerprint density at radius 3 is 2.88 bits per heavy atom. The van der Waals surface area contributed by atoms with Gasteiger partial charge in [-0.25, -0.2) is 9.78 Å². The van der Waals surface area contributed by atoms with Gasteiger partial charge in [0.25, 0.3) is 0 Å². The Labute approximate surface area is 146 Å². The molecule has 3 rings (SSSR count). The Kier molecular flexibility index (Phi) is 4.64. The van der Waals surface area contributed by atoms with Crippen molar-refractivity contribution in [2.24, 2.45) is 0 Å². The summed E-state index contributed by atoms with van der Waals surface area (Å²) in [5.74, 6) is -0.0523. The molecule has 0 fully saturated rings. The van der Waals surface area contributed by atoms with Crippen molar-refractivity contribution in [1.82, 2.24) is 10.3 Å². The zero-order valence-electron chi connectivity index (χ0n) is 13.5. The molecular weight excluding hydrogens is 344 g/mol. The van der Waals surface area contributed by atoms with Crippen molar-refractivity contribution < 1.29 is 9.21 Å². The molecule has 5 nitrogen and oxygen atoms in total. The lowest BCUT2D eigenvalue weighted by Crippen LogP contribution is -2.26. The molecule has 1 atom stereocenters. The molecule has 1 N–H and O–H groups in total. The smallest absolute Gasteiger partial charge is 0.348 e. The fourth-order valence-corrected chi connectivity index (χ4v) is 3.93. The number of thiophene rings is 2. The Morgan fingerprint density at radius 2 is 2.17 bits per heavy atom. The van der Waals surface area contributed by atoms with Crippen molar-refractivity contribution in [3.8, 4) is 0 Å². The van der Waals surface area contributed by atoms with Crippen LogP contribution < -0.4 is 10.9 Å². The summed E-state index contributed by atoms with van der Waals surface area (Å²) in [6.45, 7) is 5.60. The van der Waals surface area contributed by atoms with E-state index in [2.05, 4.69) is 10.3 Å². The van der Waals surface area contributed by atoms with E-state index >= 15 is 0 Å². The fraction of sp³-hybridized carbons (Fsp3) is 0.235. The Hall–Kier alpha value is -2.25. The summed E-state index contributed by atoms with van der Waals surface area (Å²) in [6.07, 6.45) is 3.23. The van der Waals surface area contributed by atoms with Crippen LogP contribution in [0, 0.1) is 13.8 Å². The monoisotopic (exact) mass is 360 g/mol. The molecule has 0 aliphatic carbocycles. The summed E-state index contributed by atoms with van der Waals surface area (Å²) in [4.78, 5) is 31.3. The van der Waals surface area contributed by atoms with E-state index in [1.54, 1.807) is 24.3 Å². The first kappa shape index (κ1) is 16.6. The zero-order chi connectivity index (χ0) is 17.3. The quantitative estimate of drug-likeness (QED) is 0.718. The topological polar surface area (TPSA) is 72.2 Å². The van der Waals surface area contributed by atoms with E-state index in [0.717, 1.165) is 10.4 Å². The van der Waals surface area contributed by atoms with Crippen molar-refractivity contribution >= 4 is 44.9 Å². The number of rotatable bonds is 4. The molecule has 0 aliphatic heterocycles. The number of amides is 1. The van der Waals surface area contributed by atoms with Gasteiger partial charge in [-0.15, -0.1) is 22.7 Å². The molecule has 24 heavy (non-hydrogen) atoms. The average Bonchev–Trinajstić information content (AvgIpc) is 3.11. The molecule has 3 aromatic rings. The van der Waals surface area contributed by atoms with Gasteiger partial charge in [-0.1, -0.05) is 0 Å². The van der Waals surface area contributed by atoms with Crippen LogP contribution in [0.25, 0.3) is 16.3 Å². The van der Waals surface area contributed by atoms with Crippen LogP contribution in [0.15, 0.2) is 32.8 Å². The highest BCUT2D eigenvalue weighted by Crippen LogP contribution is 2.22. The molecule has 3 aromatic heterocycles. The molecule has 0 radical (unpaired) electrons. The maximum Gasteiger partial charge on any atom is 0.348 e. The van der Waals surface area contributed by atoms with E-state index in [0.29, 0.717) is 10.2 Å². The predicted molar refractivity (Wildman–Crippen MR) is 97.5 cm³/mol. The molecule has 7 heteroatoms. The molecule has 0 saturated carbocycles. The van der Waals surface area contributed by atoms with E-state index in [9.17, 15) is 9.59 Å². The number of nitrogens with zero attached hydrogens (tertiary/aromatic N) is 1. The summed E-state index contributed by atoms with van der Waals surface area (Å²) >= 11 is 3.01. The third-order valence-corrected chi connectivity index (χ3v) is 5.41. The number of aryl methyl sites for hydroxylation is 2. The number of hydrogen-bond donors (Lipinski definition) is 1. The minimum atomic E-state index is -0.494. The van der Waals surface area contributed by atoms with Gasteiger partial charge in [-0.3, -0.25) is 4.79 Å². The van der Waals surface area contributed by atoms with Crippen LogP contribution in [0.5, 0.6) is 0 Å². The molecule has 3 heterocycles. The van der Waals surface area contributed by atoms with E-state index in [1.165, 1.54) is 22.3 Å². The first-order valence-electron chi connectivity index (χ1n) is 7.38. The molecule has 1 amide bonds. The number of fused-ring (bicyclic) bond motifs is 1. The van der Waals surface area contributed by atoms with E-state index in [4.69, 9.17) is 4.42 Å². The Morgan fingerprint density at radius 1 is 1.38 bits per heavy atom. The minimum absolute atomic E-state index is 0.211. The number of hydrogen-bond acceptors (Lipinski definition) is 6. The van der Waals surface area contributed by atoms with Crippen LogP contribution in [0.1, 0.15) is 34.2 Å². The van der Waals surface area contributed by atoms with Crippen LogP contribution in [-0.4, -0.2) is 10.9 Å². The van der Waals surface area contributed by atoms with E-state index in [-0.39, 0.29) is 11.8 Å². The molecule has 0 aromatic carbocycles. The largest absolute Gasteiger partial charge is 0.406 e. The van der Waals surface area contributed by atoms with Crippen LogP contribution in [0.2, 0.25) is 0 Å². The van der Waals surface area contributed by atoms with E-state index < -0.39 is 11.7 Å². The Balaban J connectivity index is 1.74. The molecule has 0 spiro atoms. The number of nitrogens with one attached hydrogen (secondary N) is 1. The second-order valence-corrected chi connectivity index (χ2v) is 7.63. The molecule has 0 bridgehead atoms. The van der Waals surface area contributed by atoms with Crippen molar-refractivity contribution in [2.45, 2.75) is 26.8 Å². The fourth-order valence-electron chi connectivity index (χ4n) is 2.24. The number of carbonyl (C=O) groups is 1. The molecule has 0 unspecified atom stereocenters. The van der Waals surface area contributed by atoms with Crippen LogP contribution in [-0.2, 0) is 4.79 Å². The van der Waals surface area contributed by atoms with Crippen LogP contribution in [0.3, 0.4) is 0 Å². The number of aromatic nitrogens is 1. The van der Waals surface area contributed by atoms with E-state index in [1.807, 2.05) is 31.4 Å². The second kappa shape index (κ2) is 6.70. The zero-order valence-corrected chi connectivity index (χ0v) is 15.1. The van der Waals surface area contributed by atoms with Crippen molar-refractivity contribution in [1.29, 1.82) is 0 Å². The van der Waals surface area contributed by atoms with Crippen molar-refractivity contribution in [3.63, 3.8) is 0 Å². The lowest BCUT2D eigenvalue weighted by atomic mass is 10.2. The molecule has 0 aliphatic rings. The average molecular weight is 360 g/mol. The second-order valence-electron chi connectivity index (χ2n) is 5.45. The maximum atomic E-state index is 12.1. The van der Waals surface area contributed by atoms with Gasteiger partial charge in [0.15, 0.2) is 0 Å². The summed E-state index contributed by atoms with van der Waals surface area (Å²) in [6, 6.07) is 3.47. The van der Waals surface area contributed by atoms with Gasteiger partial charge in [0.2, 0.25) is 11.8 Å². The lowest BCUT2D eigenvalue weighted by Gasteiger charge is -2.10. The summed E-state index contributed by atoms with van der Waals surface area (Å²) < 4.78 is 5.26. The molecular formula is C17H16N2O3S2. The van der Waals surface area contributed by atoms with Crippen LogP contribution >= 0.6 is 22.7 Å². The maximum absolute atomic E-state index is 12.1. The predicted octanol–water partition coefficient (Wildman–Crippen LogP) is 3.82. The van der Waals surface area contributed by atoms with Crippen molar-refractivity contribution in [2.75, 3.05) is 0 Å². The summed E-state index contributed by atoms with van der Waals surface area (Å²) in [5, 5.41) is 5.14. The third kappa shape index (κ3) is 3.47. The Bertz CT molecular complexity index is 981. The van der Waals surface area contributed by atoms with Gasteiger partial charge in [-0.05, 0) is 49.9 Å². The van der Waals surface area contributed by atoms with Gasteiger partial charge in [-0.2, -0.15) is 0 Å². The first-order valence-corrected chi connectivity index (χ1v) is 9.07. The van der Waals surface area contributed by atoms with Crippen LogP contribution in [0.4, 0.5) is 0 Å². The highest BCUT2D eigenvalue weighted by atomic mass is 32.1. The first-order chi connectivity index (χ1) is 11.4. The standard InChI is InChI=1S/C17H16N2O3S2/c1-9-8-23-16-14(9)17(21)22-15(19-16)11(3)18-13(20)7-6-12-5-4-10(2)24-12/h4-8,11H,1-3H3,(H,18,20)/b7-6+/t11-/m0/s1. The summed E-state index contributed by atoms with van der Waals surface area (Å²) in [7, 11) is 0. The highest BCUT2D eigenvalue weighted by molar-refractivity contribution is 7.16. The number of carbonyl (C=O) groups excluding carboxylic acids is 1. The van der Waals surface area contributed by atoms with Crippen molar-refractivity contribution in [3.05, 3.63) is 55.2 Å². The van der Waals surface area contributed by atoms with Gasteiger partial charge < -0.3 is 9.73 Å². The third-order valence-electron chi connectivity index (χ3n) is 3.46.